The van der Waals surface area contributed by atoms with Gasteiger partial charge in [0.15, 0.2) is 0 Å². The monoisotopic (exact) mass is 310 g/mol. The molecule has 1 fully saturated rings. The Morgan fingerprint density at radius 3 is 2.67 bits per heavy atom. The van der Waals surface area contributed by atoms with E-state index in [1.807, 2.05) is 4.90 Å². The van der Waals surface area contributed by atoms with E-state index in [0.717, 1.165) is 37.8 Å². The van der Waals surface area contributed by atoms with Crippen LogP contribution in [0.25, 0.3) is 0 Å². The van der Waals surface area contributed by atoms with Crippen molar-refractivity contribution in [2.24, 2.45) is 5.14 Å². The van der Waals surface area contributed by atoms with Crippen molar-refractivity contribution in [2.75, 3.05) is 6.54 Å². The molecule has 116 valence electrons. The molecule has 0 radical (unpaired) electrons. The van der Waals surface area contributed by atoms with E-state index in [2.05, 4.69) is 6.92 Å². The molecule has 1 aromatic carbocycles. The van der Waals surface area contributed by atoms with Crippen molar-refractivity contribution in [3.8, 4) is 0 Å². The van der Waals surface area contributed by atoms with Gasteiger partial charge in [0.2, 0.25) is 10.0 Å². The Kier molecular flexibility index (Phi) is 4.68. The molecule has 5 nitrogen and oxygen atoms in total. The summed E-state index contributed by atoms with van der Waals surface area (Å²) in [5.41, 5.74) is 1.12. The van der Waals surface area contributed by atoms with Gasteiger partial charge in [0.05, 0.1) is 4.90 Å². The van der Waals surface area contributed by atoms with Gasteiger partial charge in [0, 0.05) is 18.2 Å². The zero-order valence-electron chi connectivity index (χ0n) is 12.5. The van der Waals surface area contributed by atoms with Crippen LogP contribution in [-0.4, -0.2) is 31.8 Å². The summed E-state index contributed by atoms with van der Waals surface area (Å²) in [5.74, 6) is -0.102. The van der Waals surface area contributed by atoms with Gasteiger partial charge in [-0.05, 0) is 56.4 Å². The van der Waals surface area contributed by atoms with Crippen molar-refractivity contribution in [1.29, 1.82) is 0 Å². The van der Waals surface area contributed by atoms with Crippen LogP contribution < -0.4 is 5.14 Å². The molecule has 1 heterocycles. The number of nitrogens with zero attached hydrogens (tertiary/aromatic N) is 1. The van der Waals surface area contributed by atoms with E-state index in [-0.39, 0.29) is 16.8 Å². The number of amides is 1. The lowest BCUT2D eigenvalue weighted by molar-refractivity contribution is 0.0607. The first kappa shape index (κ1) is 16.0. The number of sulfonamides is 1. The maximum Gasteiger partial charge on any atom is 0.254 e. The number of likely N-dealkylation sites (tertiary alicyclic amines) is 1. The predicted octanol–water partition coefficient (Wildman–Crippen LogP) is 2.05. The Balaban J connectivity index is 2.37. The van der Waals surface area contributed by atoms with Crippen molar-refractivity contribution in [3.05, 3.63) is 29.3 Å². The average molecular weight is 310 g/mol. The van der Waals surface area contributed by atoms with Gasteiger partial charge in [-0.2, -0.15) is 0 Å². The molecule has 0 spiro atoms. The molecule has 6 heteroatoms. The van der Waals surface area contributed by atoms with Gasteiger partial charge in [-0.25, -0.2) is 13.6 Å². The van der Waals surface area contributed by atoms with Crippen molar-refractivity contribution >= 4 is 15.9 Å². The summed E-state index contributed by atoms with van der Waals surface area (Å²) < 4.78 is 23.0. The van der Waals surface area contributed by atoms with Gasteiger partial charge >= 0.3 is 0 Å². The highest BCUT2D eigenvalue weighted by Crippen LogP contribution is 2.23. The number of aryl methyl sites for hydroxylation is 1. The van der Waals surface area contributed by atoms with E-state index < -0.39 is 10.0 Å². The van der Waals surface area contributed by atoms with E-state index in [1.54, 1.807) is 13.0 Å². The van der Waals surface area contributed by atoms with Crippen molar-refractivity contribution in [1.82, 2.24) is 4.90 Å². The molecule has 2 N–H and O–H groups in total. The van der Waals surface area contributed by atoms with E-state index in [1.165, 1.54) is 12.1 Å². The van der Waals surface area contributed by atoms with Crippen LogP contribution in [0.5, 0.6) is 0 Å². The highest BCUT2D eigenvalue weighted by molar-refractivity contribution is 7.89. The third-order valence-electron chi connectivity index (χ3n) is 3.99. The number of carbonyl (C=O) groups is 1. The number of nitrogens with two attached hydrogens (primary N) is 1. The molecule has 0 saturated carbocycles. The Morgan fingerprint density at radius 2 is 2.05 bits per heavy atom. The maximum absolute atomic E-state index is 12.7. The second-order valence-electron chi connectivity index (χ2n) is 5.64. The first-order valence-corrected chi connectivity index (χ1v) is 8.83. The largest absolute Gasteiger partial charge is 0.336 e. The number of carbonyl (C=O) groups excluding carboxylic acids is 1. The fraction of sp³-hybridized carbons (Fsp3) is 0.533. The minimum atomic E-state index is -3.80. The van der Waals surface area contributed by atoms with E-state index in [4.69, 9.17) is 5.14 Å². The minimum Gasteiger partial charge on any atom is -0.336 e. The number of hydrogen-bond donors (Lipinski definition) is 1. The zero-order valence-corrected chi connectivity index (χ0v) is 13.3. The second-order valence-corrected chi connectivity index (χ2v) is 7.20. The normalized spacial score (nSPS) is 19.6. The second kappa shape index (κ2) is 6.15. The van der Waals surface area contributed by atoms with Crippen molar-refractivity contribution < 1.29 is 13.2 Å². The molecule has 0 aliphatic carbocycles. The van der Waals surface area contributed by atoms with Crippen molar-refractivity contribution in [3.63, 3.8) is 0 Å². The molecule has 1 aliphatic heterocycles. The first-order valence-electron chi connectivity index (χ1n) is 7.28. The van der Waals surface area contributed by atoms with Gasteiger partial charge in [0.1, 0.15) is 0 Å². The molecule has 1 saturated heterocycles. The van der Waals surface area contributed by atoms with Crippen LogP contribution in [0.1, 0.15) is 48.5 Å². The van der Waals surface area contributed by atoms with Gasteiger partial charge < -0.3 is 4.90 Å². The quantitative estimate of drug-likeness (QED) is 0.927. The Hall–Kier alpha value is -1.40. The van der Waals surface area contributed by atoms with Gasteiger partial charge in [0.25, 0.3) is 5.91 Å². The standard InChI is InChI=1S/C15H22N2O3S/c1-3-13-6-4-5-7-17(13)15(18)12-8-11(2)9-14(10-12)21(16,19)20/h8-10,13H,3-7H2,1-2H3,(H2,16,19,20). The molecular weight excluding hydrogens is 288 g/mol. The number of benzene rings is 1. The molecule has 1 atom stereocenters. The summed E-state index contributed by atoms with van der Waals surface area (Å²) in [4.78, 5) is 14.6. The number of piperidine rings is 1. The lowest BCUT2D eigenvalue weighted by Gasteiger charge is -2.35. The minimum absolute atomic E-state index is 0.00379. The Bertz CT molecular complexity index is 640. The van der Waals surface area contributed by atoms with Gasteiger partial charge in [-0.3, -0.25) is 4.79 Å². The fourth-order valence-corrected chi connectivity index (χ4v) is 3.54. The predicted molar refractivity (Wildman–Crippen MR) is 81.5 cm³/mol. The van der Waals surface area contributed by atoms with Crippen LogP contribution in [0.2, 0.25) is 0 Å². The lowest BCUT2D eigenvalue weighted by atomic mass is 9.98. The topological polar surface area (TPSA) is 80.5 Å². The highest BCUT2D eigenvalue weighted by Gasteiger charge is 2.27. The van der Waals surface area contributed by atoms with Crippen molar-refractivity contribution in [2.45, 2.75) is 50.5 Å². The summed E-state index contributed by atoms with van der Waals surface area (Å²) in [6.07, 6.45) is 4.06. The van der Waals surface area contributed by atoms with E-state index in [0.29, 0.717) is 5.56 Å². The van der Waals surface area contributed by atoms with E-state index in [9.17, 15) is 13.2 Å². The molecular formula is C15H22N2O3S. The third kappa shape index (κ3) is 3.63. The summed E-state index contributed by atoms with van der Waals surface area (Å²) in [6, 6.07) is 4.83. The fourth-order valence-electron chi connectivity index (χ4n) is 2.89. The zero-order chi connectivity index (χ0) is 15.6. The van der Waals surface area contributed by atoms with Crippen LogP contribution >= 0.6 is 0 Å². The average Bonchev–Trinajstić information content (AvgIpc) is 2.45. The van der Waals surface area contributed by atoms with Crippen LogP contribution in [-0.2, 0) is 10.0 Å². The first-order chi connectivity index (χ1) is 9.82. The molecule has 0 bridgehead atoms. The summed E-state index contributed by atoms with van der Waals surface area (Å²) in [7, 11) is -3.80. The molecule has 21 heavy (non-hydrogen) atoms. The Labute approximate surface area is 126 Å². The highest BCUT2D eigenvalue weighted by atomic mass is 32.2. The third-order valence-corrected chi connectivity index (χ3v) is 4.88. The van der Waals surface area contributed by atoms with Crippen LogP contribution in [0.4, 0.5) is 0 Å². The summed E-state index contributed by atoms with van der Waals surface area (Å²) in [5, 5.41) is 5.17. The maximum atomic E-state index is 12.7. The Morgan fingerprint density at radius 1 is 1.33 bits per heavy atom. The van der Waals surface area contributed by atoms with Crippen LogP contribution in [0.3, 0.4) is 0 Å². The SMILES string of the molecule is CCC1CCCCN1C(=O)c1cc(C)cc(S(N)(=O)=O)c1. The number of rotatable bonds is 3. The van der Waals surface area contributed by atoms with Gasteiger partial charge in [-0.15, -0.1) is 0 Å². The number of hydrogen-bond acceptors (Lipinski definition) is 3. The van der Waals surface area contributed by atoms with E-state index >= 15 is 0 Å². The molecule has 1 aromatic rings. The smallest absolute Gasteiger partial charge is 0.254 e. The molecule has 2 rings (SSSR count). The molecule has 1 aliphatic rings. The van der Waals surface area contributed by atoms with Crippen LogP contribution in [0, 0.1) is 6.92 Å². The lowest BCUT2D eigenvalue weighted by Crippen LogP contribution is -2.43. The molecule has 1 amide bonds. The van der Waals surface area contributed by atoms with Gasteiger partial charge in [-0.1, -0.05) is 6.92 Å². The number of primary sulfonamides is 1. The summed E-state index contributed by atoms with van der Waals surface area (Å²) >= 11 is 0. The molecule has 1 unspecified atom stereocenters. The summed E-state index contributed by atoms with van der Waals surface area (Å²) in [6.45, 7) is 4.57. The molecule has 0 aromatic heterocycles. The van der Waals surface area contributed by atoms with Crippen LogP contribution in [0.15, 0.2) is 23.1 Å².